The van der Waals surface area contributed by atoms with E-state index in [0.29, 0.717) is 32.7 Å². The first-order valence-corrected chi connectivity index (χ1v) is 14.7. The number of nitrogens with zero attached hydrogens (tertiary/aromatic N) is 2. The van der Waals surface area contributed by atoms with Gasteiger partial charge in [-0.2, -0.15) is 13.2 Å². The first kappa shape index (κ1) is 31.8. The molecule has 1 aromatic heterocycles. The van der Waals surface area contributed by atoms with E-state index < -0.39 is 57.9 Å². The molecule has 2 fully saturated rings. The zero-order chi connectivity index (χ0) is 31.8. The third-order valence-electron chi connectivity index (χ3n) is 8.49. The Labute approximate surface area is 252 Å². The van der Waals surface area contributed by atoms with E-state index in [1.807, 2.05) is 0 Å². The van der Waals surface area contributed by atoms with E-state index >= 15 is 4.39 Å². The SMILES string of the molecule is C/C=C1/CNC(=O)c2c(nc(-c3cc(N)c(F)c(C)c3C(F)(F)F)c(F)c2NC[C@@H]2CC[C@H]3COCCN23)O[C@@H](C)CCN1. The molecule has 0 unspecified atom stereocenters. The van der Waals surface area contributed by atoms with Gasteiger partial charge in [-0.1, -0.05) is 6.08 Å². The first-order chi connectivity index (χ1) is 20.9. The largest absolute Gasteiger partial charge is 0.474 e. The van der Waals surface area contributed by atoms with Crippen LogP contribution in [0.25, 0.3) is 11.3 Å². The summed E-state index contributed by atoms with van der Waals surface area (Å²) in [6.45, 7) is 7.03. The molecule has 3 aliphatic heterocycles. The van der Waals surface area contributed by atoms with Gasteiger partial charge in [0.25, 0.3) is 5.91 Å². The lowest BCUT2D eigenvalue weighted by molar-refractivity contribution is -0.137. The zero-order valence-electron chi connectivity index (χ0n) is 24.8. The van der Waals surface area contributed by atoms with E-state index in [0.717, 1.165) is 31.5 Å². The summed E-state index contributed by atoms with van der Waals surface area (Å²) in [4.78, 5) is 20.1. The summed E-state index contributed by atoms with van der Waals surface area (Å²) >= 11 is 0. The summed E-state index contributed by atoms with van der Waals surface area (Å²) in [5.41, 5.74) is 1.53. The number of carbonyl (C=O) groups is 1. The zero-order valence-corrected chi connectivity index (χ0v) is 24.8. The van der Waals surface area contributed by atoms with Gasteiger partial charge in [-0.15, -0.1) is 0 Å². The molecule has 0 saturated carbocycles. The highest BCUT2D eigenvalue weighted by molar-refractivity contribution is 6.03. The van der Waals surface area contributed by atoms with E-state index in [9.17, 15) is 22.4 Å². The Morgan fingerprint density at radius 1 is 1.20 bits per heavy atom. The van der Waals surface area contributed by atoms with E-state index in [1.54, 1.807) is 19.9 Å². The van der Waals surface area contributed by atoms with Gasteiger partial charge in [0.15, 0.2) is 5.82 Å². The predicted octanol–water partition coefficient (Wildman–Crippen LogP) is 4.61. The third kappa shape index (κ3) is 6.27. The quantitative estimate of drug-likeness (QED) is 0.288. The van der Waals surface area contributed by atoms with Gasteiger partial charge in [-0.05, 0) is 45.2 Å². The van der Waals surface area contributed by atoms with E-state index in [4.69, 9.17) is 15.2 Å². The highest BCUT2D eigenvalue weighted by atomic mass is 19.4. The van der Waals surface area contributed by atoms with Gasteiger partial charge in [0.2, 0.25) is 5.88 Å². The Morgan fingerprint density at radius 2 is 1.98 bits per heavy atom. The third-order valence-corrected chi connectivity index (χ3v) is 8.49. The van der Waals surface area contributed by atoms with Crippen LogP contribution in [0.1, 0.15) is 54.6 Å². The van der Waals surface area contributed by atoms with Crippen molar-refractivity contribution in [2.24, 2.45) is 0 Å². The summed E-state index contributed by atoms with van der Waals surface area (Å²) in [5, 5.41) is 8.99. The number of nitrogens with one attached hydrogen (secondary N) is 3. The number of ether oxygens (including phenoxy) is 2. The van der Waals surface area contributed by atoms with Crippen molar-refractivity contribution >= 4 is 17.3 Å². The van der Waals surface area contributed by atoms with Crippen LogP contribution in [0.5, 0.6) is 5.88 Å². The van der Waals surface area contributed by atoms with Crippen molar-refractivity contribution in [2.45, 2.75) is 64.4 Å². The van der Waals surface area contributed by atoms with Crippen LogP contribution < -0.4 is 26.4 Å². The van der Waals surface area contributed by atoms with Gasteiger partial charge in [-0.3, -0.25) is 9.69 Å². The summed E-state index contributed by atoms with van der Waals surface area (Å²) in [5.74, 6) is -3.53. The van der Waals surface area contributed by atoms with Crippen LogP contribution in [-0.2, 0) is 10.9 Å². The molecule has 1 aromatic carbocycles. The molecule has 14 heteroatoms. The monoisotopic (exact) mass is 624 g/mol. The molecule has 9 nitrogen and oxygen atoms in total. The number of fused-ring (bicyclic) bond motifs is 2. The van der Waals surface area contributed by atoms with Gasteiger partial charge in [0.1, 0.15) is 17.1 Å². The Kier molecular flexibility index (Phi) is 9.21. The molecule has 0 spiro atoms. The number of benzene rings is 1. The Morgan fingerprint density at radius 3 is 2.70 bits per heavy atom. The molecule has 3 atom stereocenters. The van der Waals surface area contributed by atoms with Crippen molar-refractivity contribution < 1.29 is 36.2 Å². The van der Waals surface area contributed by atoms with Gasteiger partial charge in [-0.25, -0.2) is 13.8 Å². The highest BCUT2D eigenvalue weighted by Gasteiger charge is 2.40. The molecule has 4 heterocycles. The molecule has 44 heavy (non-hydrogen) atoms. The molecule has 1 amide bonds. The van der Waals surface area contributed by atoms with Gasteiger partial charge in [0, 0.05) is 49.4 Å². The molecule has 3 aliphatic rings. The van der Waals surface area contributed by atoms with Crippen molar-refractivity contribution in [3.8, 4) is 17.1 Å². The average Bonchev–Trinajstić information content (AvgIpc) is 3.38. The van der Waals surface area contributed by atoms with Crippen LogP contribution in [0, 0.1) is 18.6 Å². The molecule has 2 aromatic rings. The fourth-order valence-corrected chi connectivity index (χ4v) is 6.16. The number of carbonyl (C=O) groups excluding carboxylic acids is 1. The Bertz CT molecular complexity index is 1450. The smallest absolute Gasteiger partial charge is 0.417 e. The number of anilines is 2. The second-order valence-corrected chi connectivity index (χ2v) is 11.4. The molecule has 0 bridgehead atoms. The summed E-state index contributed by atoms with van der Waals surface area (Å²) < 4.78 is 86.0. The number of pyridine rings is 1. The van der Waals surface area contributed by atoms with Crippen LogP contribution in [0.3, 0.4) is 0 Å². The van der Waals surface area contributed by atoms with Crippen molar-refractivity contribution in [3.63, 3.8) is 0 Å². The number of halogens is 5. The van der Waals surface area contributed by atoms with Gasteiger partial charge in [0.05, 0.1) is 42.8 Å². The lowest BCUT2D eigenvalue weighted by atomic mass is 9.95. The summed E-state index contributed by atoms with van der Waals surface area (Å²) in [6.07, 6.45) is -1.73. The number of nitrogen functional groups attached to an aromatic ring is 1. The molecule has 2 saturated heterocycles. The normalized spacial score (nSPS) is 24.0. The van der Waals surface area contributed by atoms with Crippen molar-refractivity contribution in [2.75, 3.05) is 50.4 Å². The minimum absolute atomic E-state index is 0.0329. The topological polar surface area (TPSA) is 114 Å². The van der Waals surface area contributed by atoms with Gasteiger partial charge >= 0.3 is 6.18 Å². The molecule has 5 rings (SSSR count). The van der Waals surface area contributed by atoms with Crippen LogP contribution in [0.2, 0.25) is 0 Å². The van der Waals surface area contributed by atoms with E-state index in [2.05, 4.69) is 25.8 Å². The van der Waals surface area contributed by atoms with Crippen LogP contribution in [0.15, 0.2) is 17.8 Å². The molecular weight excluding hydrogens is 587 g/mol. The number of hydrogen-bond acceptors (Lipinski definition) is 8. The lowest BCUT2D eigenvalue weighted by Crippen LogP contribution is -2.47. The fourth-order valence-electron chi connectivity index (χ4n) is 6.16. The minimum Gasteiger partial charge on any atom is -0.474 e. The molecule has 240 valence electrons. The average molecular weight is 625 g/mol. The minimum atomic E-state index is -5.07. The molecular formula is C30H37F5N6O3. The number of morpholine rings is 1. The number of nitrogens with two attached hydrogens (primary N) is 1. The molecule has 0 radical (unpaired) electrons. The van der Waals surface area contributed by atoms with Crippen LogP contribution >= 0.6 is 0 Å². The van der Waals surface area contributed by atoms with Crippen molar-refractivity contribution in [1.82, 2.24) is 20.5 Å². The van der Waals surface area contributed by atoms with Crippen LogP contribution in [-0.4, -0.2) is 73.4 Å². The Balaban J connectivity index is 1.68. The fraction of sp³-hybridized carbons (Fsp3) is 0.533. The second-order valence-electron chi connectivity index (χ2n) is 11.4. The maximum absolute atomic E-state index is 16.7. The maximum atomic E-state index is 16.7. The van der Waals surface area contributed by atoms with E-state index in [-0.39, 0.29) is 42.3 Å². The van der Waals surface area contributed by atoms with Crippen molar-refractivity contribution in [3.05, 3.63) is 46.2 Å². The number of alkyl halides is 3. The molecule has 5 N–H and O–H groups in total. The Hall–Kier alpha value is -3.65. The predicted molar refractivity (Wildman–Crippen MR) is 155 cm³/mol. The first-order valence-electron chi connectivity index (χ1n) is 14.7. The number of hydrogen-bond donors (Lipinski definition) is 4. The van der Waals surface area contributed by atoms with Gasteiger partial charge < -0.3 is 31.2 Å². The maximum Gasteiger partial charge on any atom is 0.417 e. The van der Waals surface area contributed by atoms with Crippen molar-refractivity contribution in [1.29, 1.82) is 0 Å². The number of rotatable bonds is 4. The second kappa shape index (κ2) is 12.8. The number of amides is 1. The summed E-state index contributed by atoms with van der Waals surface area (Å²) in [7, 11) is 0. The standard InChI is InChI=1S/C30H37F5N6O3/c1-4-17-12-39-28(42)22-27(38-13-18-5-6-19-14-43-10-9-41(18)19)25(32)26(40-29(22)44-15(2)7-8-37-17)20-11-21(36)24(31)16(3)23(20)30(33,34)35/h4,11,15,18-19,37H,5-10,12-14,36H2,1-3H3,(H,38,40)(H,39,42)/b17-4-/t15-,18-,19-/m0/s1. The lowest BCUT2D eigenvalue weighted by Gasteiger charge is -2.34. The number of allylic oxidation sites excluding steroid dienone is 1. The summed E-state index contributed by atoms with van der Waals surface area (Å²) in [6, 6.07) is 0.900. The van der Waals surface area contributed by atoms with E-state index in [1.165, 1.54) is 0 Å². The molecule has 0 aliphatic carbocycles. The number of aromatic nitrogens is 1. The highest BCUT2D eigenvalue weighted by Crippen LogP contribution is 2.44. The van der Waals surface area contributed by atoms with Crippen LogP contribution in [0.4, 0.5) is 33.3 Å².